The standard InChI is InChI=1S/C22H22ClFN8S/c23-14-8-13-19(17(24)16(14)12-2-1-3-15-18(12)28-21(26)33-15)29-22(32-9-11(25)10-32)30-20(13)31-6-4-27-5-7-31/h1-3,8,11,27H,4-7,9-10,25H2,(H2,26,28). The van der Waals surface area contributed by atoms with Crippen LogP contribution in [-0.2, 0) is 0 Å². The van der Waals surface area contributed by atoms with Gasteiger partial charge in [0.25, 0.3) is 0 Å². The minimum Gasteiger partial charge on any atom is -0.375 e. The summed E-state index contributed by atoms with van der Waals surface area (Å²) in [7, 11) is 0. The minimum absolute atomic E-state index is 0.0743. The maximum absolute atomic E-state index is 16.2. The number of halogens is 2. The van der Waals surface area contributed by atoms with Crippen molar-refractivity contribution >= 4 is 61.0 Å². The first kappa shape index (κ1) is 20.8. The fraction of sp³-hybridized carbons (Fsp3) is 0.318. The van der Waals surface area contributed by atoms with Crippen molar-refractivity contribution in [2.24, 2.45) is 5.73 Å². The molecule has 170 valence electrons. The molecule has 0 aliphatic carbocycles. The highest BCUT2D eigenvalue weighted by Gasteiger charge is 2.29. The van der Waals surface area contributed by atoms with Crippen LogP contribution < -0.4 is 26.6 Å². The van der Waals surface area contributed by atoms with E-state index in [1.54, 1.807) is 6.07 Å². The van der Waals surface area contributed by atoms with Crippen LogP contribution in [0.25, 0.3) is 32.2 Å². The molecule has 0 atom stereocenters. The second-order valence-corrected chi connectivity index (χ2v) is 9.87. The van der Waals surface area contributed by atoms with Crippen LogP contribution >= 0.6 is 22.9 Å². The highest BCUT2D eigenvalue weighted by Crippen LogP contribution is 2.42. The Hall–Kier alpha value is -2.79. The smallest absolute Gasteiger partial charge is 0.228 e. The summed E-state index contributed by atoms with van der Waals surface area (Å²) in [5.74, 6) is 0.697. The number of piperazine rings is 1. The number of thiazole rings is 1. The van der Waals surface area contributed by atoms with Gasteiger partial charge in [-0.05, 0) is 12.1 Å². The third-order valence-corrected chi connectivity index (χ3v) is 7.31. The molecule has 4 aromatic rings. The lowest BCUT2D eigenvalue weighted by atomic mass is 10.0. The summed E-state index contributed by atoms with van der Waals surface area (Å²) in [6, 6.07) is 7.42. The Balaban J connectivity index is 1.60. The summed E-state index contributed by atoms with van der Waals surface area (Å²) >= 11 is 8.07. The number of nitrogen functional groups attached to an aromatic ring is 1. The zero-order chi connectivity index (χ0) is 22.7. The third kappa shape index (κ3) is 3.45. The molecule has 2 aromatic carbocycles. The van der Waals surface area contributed by atoms with Crippen molar-refractivity contribution in [3.05, 3.63) is 35.1 Å². The number of aromatic nitrogens is 3. The normalized spacial score (nSPS) is 17.2. The summed E-state index contributed by atoms with van der Waals surface area (Å²) in [6.45, 7) is 4.48. The van der Waals surface area contributed by atoms with E-state index >= 15 is 4.39 Å². The Morgan fingerprint density at radius 2 is 1.88 bits per heavy atom. The summed E-state index contributed by atoms with van der Waals surface area (Å²) < 4.78 is 17.1. The molecule has 11 heteroatoms. The van der Waals surface area contributed by atoms with Crippen LogP contribution in [0.2, 0.25) is 5.02 Å². The SMILES string of the molecule is Nc1nc2c(-c3c(Cl)cc4c(N5CCNCC5)nc(N5CC(N)C5)nc4c3F)cccc2s1. The highest BCUT2D eigenvalue weighted by atomic mass is 35.5. The maximum Gasteiger partial charge on any atom is 0.228 e. The van der Waals surface area contributed by atoms with Crippen LogP contribution in [0.3, 0.4) is 0 Å². The van der Waals surface area contributed by atoms with Crippen LogP contribution in [0.4, 0.5) is 21.3 Å². The van der Waals surface area contributed by atoms with Crippen molar-refractivity contribution in [3.63, 3.8) is 0 Å². The van der Waals surface area contributed by atoms with Gasteiger partial charge in [-0.1, -0.05) is 35.1 Å². The van der Waals surface area contributed by atoms with E-state index in [4.69, 9.17) is 28.1 Å². The molecule has 2 aromatic heterocycles. The first-order chi connectivity index (χ1) is 16.0. The van der Waals surface area contributed by atoms with E-state index in [1.807, 2.05) is 23.1 Å². The first-order valence-corrected chi connectivity index (χ1v) is 12.0. The van der Waals surface area contributed by atoms with Crippen molar-refractivity contribution < 1.29 is 4.39 Å². The Morgan fingerprint density at radius 1 is 1.09 bits per heavy atom. The van der Waals surface area contributed by atoms with Crippen molar-refractivity contribution in [1.82, 2.24) is 20.3 Å². The molecule has 0 radical (unpaired) electrons. The average Bonchev–Trinajstić information content (AvgIpc) is 3.18. The lowest BCUT2D eigenvalue weighted by Crippen LogP contribution is -2.56. The number of hydrogen-bond acceptors (Lipinski definition) is 9. The number of hydrogen-bond donors (Lipinski definition) is 3. The molecule has 2 fully saturated rings. The quantitative estimate of drug-likeness (QED) is 0.407. The van der Waals surface area contributed by atoms with Crippen molar-refractivity contribution in [2.75, 3.05) is 54.8 Å². The highest BCUT2D eigenvalue weighted by molar-refractivity contribution is 7.22. The topological polar surface area (TPSA) is 109 Å². The largest absolute Gasteiger partial charge is 0.375 e. The number of benzene rings is 2. The number of nitrogens with one attached hydrogen (secondary N) is 1. The third-order valence-electron chi connectivity index (χ3n) is 6.17. The molecule has 4 heterocycles. The molecule has 8 nitrogen and oxygen atoms in total. The molecular weight excluding hydrogens is 463 g/mol. The lowest BCUT2D eigenvalue weighted by molar-refractivity contribution is 0.508. The number of para-hydroxylation sites is 1. The molecule has 2 aliphatic heterocycles. The number of nitrogens with zero attached hydrogens (tertiary/aromatic N) is 5. The summed E-state index contributed by atoms with van der Waals surface area (Å²) in [5, 5.41) is 4.66. The number of nitrogens with two attached hydrogens (primary N) is 2. The molecule has 2 aliphatic rings. The van der Waals surface area contributed by atoms with E-state index in [0.29, 0.717) is 46.5 Å². The van der Waals surface area contributed by atoms with Gasteiger partial charge in [0.15, 0.2) is 10.9 Å². The van der Waals surface area contributed by atoms with E-state index in [0.717, 1.165) is 30.9 Å². The van der Waals surface area contributed by atoms with E-state index in [2.05, 4.69) is 20.2 Å². The van der Waals surface area contributed by atoms with E-state index in [1.165, 1.54) is 11.3 Å². The predicted octanol–water partition coefficient (Wildman–Crippen LogP) is 2.84. The van der Waals surface area contributed by atoms with Gasteiger partial charge in [-0.3, -0.25) is 0 Å². The van der Waals surface area contributed by atoms with Gasteiger partial charge in [0.1, 0.15) is 11.3 Å². The Bertz CT molecular complexity index is 1380. The van der Waals surface area contributed by atoms with E-state index < -0.39 is 5.82 Å². The first-order valence-electron chi connectivity index (χ1n) is 10.8. The summed E-state index contributed by atoms with van der Waals surface area (Å²) in [6.07, 6.45) is 0. The van der Waals surface area contributed by atoms with Crippen LogP contribution in [-0.4, -0.2) is 60.3 Å². The van der Waals surface area contributed by atoms with Crippen molar-refractivity contribution in [1.29, 1.82) is 0 Å². The van der Waals surface area contributed by atoms with Crippen LogP contribution in [0.1, 0.15) is 0 Å². The second-order valence-electron chi connectivity index (χ2n) is 8.40. The van der Waals surface area contributed by atoms with Crippen LogP contribution in [0.15, 0.2) is 24.3 Å². The molecule has 5 N–H and O–H groups in total. The van der Waals surface area contributed by atoms with Gasteiger partial charge in [-0.15, -0.1) is 0 Å². The van der Waals surface area contributed by atoms with Gasteiger partial charge in [-0.2, -0.15) is 4.98 Å². The van der Waals surface area contributed by atoms with Gasteiger partial charge in [-0.25, -0.2) is 14.4 Å². The molecule has 0 spiro atoms. The van der Waals surface area contributed by atoms with Gasteiger partial charge in [0, 0.05) is 61.8 Å². The molecule has 0 unspecified atom stereocenters. The zero-order valence-corrected chi connectivity index (χ0v) is 19.3. The second kappa shape index (κ2) is 7.91. The molecule has 0 bridgehead atoms. The van der Waals surface area contributed by atoms with Gasteiger partial charge in [0.05, 0.1) is 15.2 Å². The Labute approximate surface area is 198 Å². The van der Waals surface area contributed by atoms with Crippen LogP contribution in [0.5, 0.6) is 0 Å². The molecule has 0 amide bonds. The van der Waals surface area contributed by atoms with Crippen molar-refractivity contribution in [2.45, 2.75) is 6.04 Å². The molecular formula is C22H22ClFN8S. The molecule has 0 saturated carbocycles. The maximum atomic E-state index is 16.2. The van der Waals surface area contributed by atoms with E-state index in [-0.39, 0.29) is 22.1 Å². The lowest BCUT2D eigenvalue weighted by Gasteiger charge is -2.38. The minimum atomic E-state index is -0.485. The zero-order valence-electron chi connectivity index (χ0n) is 17.7. The van der Waals surface area contributed by atoms with Crippen LogP contribution in [0, 0.1) is 5.82 Å². The van der Waals surface area contributed by atoms with Gasteiger partial charge >= 0.3 is 0 Å². The van der Waals surface area contributed by atoms with Gasteiger partial charge in [0.2, 0.25) is 5.95 Å². The Kier molecular flexibility index (Phi) is 4.98. The summed E-state index contributed by atoms with van der Waals surface area (Å²) in [4.78, 5) is 18.0. The number of anilines is 3. The number of rotatable bonds is 3. The fourth-order valence-corrected chi connectivity index (χ4v) is 5.57. The number of fused-ring (bicyclic) bond motifs is 2. The predicted molar refractivity (Wildman–Crippen MR) is 133 cm³/mol. The molecule has 33 heavy (non-hydrogen) atoms. The van der Waals surface area contributed by atoms with Crippen molar-refractivity contribution in [3.8, 4) is 11.1 Å². The van der Waals surface area contributed by atoms with E-state index in [9.17, 15) is 0 Å². The summed E-state index contributed by atoms with van der Waals surface area (Å²) in [5.41, 5.74) is 13.7. The average molecular weight is 485 g/mol. The molecule has 2 saturated heterocycles. The monoisotopic (exact) mass is 484 g/mol. The molecule has 6 rings (SSSR count). The fourth-order valence-electron chi connectivity index (χ4n) is 4.52. The Morgan fingerprint density at radius 3 is 2.64 bits per heavy atom. The van der Waals surface area contributed by atoms with Gasteiger partial charge < -0.3 is 26.6 Å².